The molecule has 0 aliphatic carbocycles. The zero-order valence-electron chi connectivity index (χ0n) is 11.5. The van der Waals surface area contributed by atoms with Gasteiger partial charge in [-0.2, -0.15) is 0 Å². The molecule has 1 aromatic carbocycles. The Bertz CT molecular complexity index is 382. The number of halogens is 1. The number of hydrogen-bond donors (Lipinski definition) is 1. The van der Waals surface area contributed by atoms with Gasteiger partial charge in [-0.15, -0.1) is 0 Å². The highest BCUT2D eigenvalue weighted by atomic mass is 19.1. The van der Waals surface area contributed by atoms with Gasteiger partial charge < -0.3 is 14.7 Å². The van der Waals surface area contributed by atoms with Gasteiger partial charge in [0.2, 0.25) is 0 Å². The standard InChI is InChI=1S/C14H22FNO2/c1-10(2)16(3)9-8-12(17)14-11(15)6-5-7-13(14)18-4/h5-7,10,12,17H,8-9H2,1-4H3. The summed E-state index contributed by atoms with van der Waals surface area (Å²) in [6, 6.07) is 4.98. The van der Waals surface area contributed by atoms with Crippen LogP contribution in [0.3, 0.4) is 0 Å². The summed E-state index contributed by atoms with van der Waals surface area (Å²) in [5.74, 6) is -0.0243. The van der Waals surface area contributed by atoms with E-state index in [2.05, 4.69) is 18.7 Å². The van der Waals surface area contributed by atoms with Gasteiger partial charge in [-0.1, -0.05) is 6.07 Å². The highest BCUT2D eigenvalue weighted by Gasteiger charge is 2.18. The van der Waals surface area contributed by atoms with Crippen molar-refractivity contribution in [2.75, 3.05) is 20.7 Å². The largest absolute Gasteiger partial charge is 0.496 e. The van der Waals surface area contributed by atoms with Gasteiger partial charge in [0.05, 0.1) is 18.8 Å². The van der Waals surface area contributed by atoms with Crippen molar-refractivity contribution in [1.29, 1.82) is 0 Å². The minimum absolute atomic E-state index is 0.247. The van der Waals surface area contributed by atoms with Crippen LogP contribution in [0.1, 0.15) is 31.9 Å². The monoisotopic (exact) mass is 255 g/mol. The third kappa shape index (κ3) is 3.68. The summed E-state index contributed by atoms with van der Waals surface area (Å²) in [6.45, 7) is 4.86. The van der Waals surface area contributed by atoms with Crippen LogP contribution >= 0.6 is 0 Å². The quantitative estimate of drug-likeness (QED) is 0.848. The fourth-order valence-corrected chi connectivity index (χ4v) is 1.75. The Hall–Kier alpha value is -1.13. The molecule has 0 heterocycles. The van der Waals surface area contributed by atoms with Gasteiger partial charge >= 0.3 is 0 Å². The summed E-state index contributed by atoms with van der Waals surface area (Å²) in [7, 11) is 3.46. The summed E-state index contributed by atoms with van der Waals surface area (Å²) in [6.07, 6.45) is -0.367. The maximum atomic E-state index is 13.7. The van der Waals surface area contributed by atoms with Crippen LogP contribution in [0.25, 0.3) is 0 Å². The van der Waals surface area contributed by atoms with Crippen LogP contribution < -0.4 is 4.74 Å². The second kappa shape index (κ2) is 6.71. The summed E-state index contributed by atoms with van der Waals surface area (Å²) >= 11 is 0. The van der Waals surface area contributed by atoms with E-state index in [-0.39, 0.29) is 5.56 Å². The molecular formula is C14H22FNO2. The van der Waals surface area contributed by atoms with Gasteiger partial charge in [0.15, 0.2) is 0 Å². The fraction of sp³-hybridized carbons (Fsp3) is 0.571. The summed E-state index contributed by atoms with van der Waals surface area (Å²) in [5, 5.41) is 10.1. The number of methoxy groups -OCH3 is 1. The summed E-state index contributed by atoms with van der Waals surface area (Å²) in [5.41, 5.74) is 0.247. The molecular weight excluding hydrogens is 233 g/mol. The molecule has 4 heteroatoms. The first-order chi connectivity index (χ1) is 8.47. The normalized spacial score (nSPS) is 13.1. The van der Waals surface area contributed by atoms with E-state index >= 15 is 0 Å². The van der Waals surface area contributed by atoms with Crippen LogP contribution in [0.4, 0.5) is 4.39 Å². The number of aliphatic hydroxyl groups excluding tert-OH is 1. The number of aliphatic hydroxyl groups is 1. The highest BCUT2D eigenvalue weighted by molar-refractivity contribution is 5.36. The lowest BCUT2D eigenvalue weighted by molar-refractivity contribution is 0.135. The second-order valence-corrected chi connectivity index (χ2v) is 4.73. The minimum atomic E-state index is -0.845. The molecule has 0 saturated heterocycles. The molecule has 1 aromatic rings. The molecule has 0 amide bonds. The molecule has 0 fully saturated rings. The third-order valence-electron chi connectivity index (χ3n) is 3.20. The highest BCUT2D eigenvalue weighted by Crippen LogP contribution is 2.29. The Morgan fingerprint density at radius 2 is 2.06 bits per heavy atom. The number of nitrogens with zero attached hydrogens (tertiary/aromatic N) is 1. The van der Waals surface area contributed by atoms with Crippen molar-refractivity contribution in [3.63, 3.8) is 0 Å². The van der Waals surface area contributed by atoms with Crippen LogP contribution in [0, 0.1) is 5.82 Å². The predicted octanol–water partition coefficient (Wildman–Crippen LogP) is 2.60. The van der Waals surface area contributed by atoms with Crippen molar-refractivity contribution in [1.82, 2.24) is 4.90 Å². The van der Waals surface area contributed by atoms with Crippen molar-refractivity contribution in [3.8, 4) is 5.75 Å². The SMILES string of the molecule is COc1cccc(F)c1C(O)CCN(C)C(C)C. The molecule has 0 saturated carbocycles. The number of ether oxygens (including phenoxy) is 1. The van der Waals surface area contributed by atoms with E-state index in [0.29, 0.717) is 24.8 Å². The predicted molar refractivity (Wildman–Crippen MR) is 70.3 cm³/mol. The van der Waals surface area contributed by atoms with Crippen molar-refractivity contribution >= 4 is 0 Å². The molecule has 1 atom stereocenters. The van der Waals surface area contributed by atoms with Crippen LogP contribution in [0.15, 0.2) is 18.2 Å². The summed E-state index contributed by atoms with van der Waals surface area (Å²) < 4.78 is 18.8. The second-order valence-electron chi connectivity index (χ2n) is 4.73. The van der Waals surface area contributed by atoms with E-state index in [0.717, 1.165) is 0 Å². The van der Waals surface area contributed by atoms with E-state index in [4.69, 9.17) is 4.74 Å². The van der Waals surface area contributed by atoms with Gasteiger partial charge in [0.25, 0.3) is 0 Å². The third-order valence-corrected chi connectivity index (χ3v) is 3.20. The summed E-state index contributed by atoms with van der Waals surface area (Å²) in [4.78, 5) is 2.11. The molecule has 1 unspecified atom stereocenters. The Kier molecular flexibility index (Phi) is 5.56. The first-order valence-electron chi connectivity index (χ1n) is 6.18. The zero-order chi connectivity index (χ0) is 13.7. The number of benzene rings is 1. The van der Waals surface area contributed by atoms with Gasteiger partial charge in [-0.25, -0.2) is 4.39 Å². The Morgan fingerprint density at radius 3 is 2.61 bits per heavy atom. The molecule has 0 bridgehead atoms. The molecule has 0 aliphatic heterocycles. The van der Waals surface area contributed by atoms with Gasteiger partial charge in [0, 0.05) is 12.6 Å². The van der Waals surface area contributed by atoms with Gasteiger partial charge in [-0.3, -0.25) is 0 Å². The lowest BCUT2D eigenvalue weighted by Gasteiger charge is -2.23. The Labute approximate surface area is 108 Å². The van der Waals surface area contributed by atoms with Gasteiger partial charge in [-0.05, 0) is 39.4 Å². The fourth-order valence-electron chi connectivity index (χ4n) is 1.75. The molecule has 0 spiro atoms. The Morgan fingerprint density at radius 1 is 1.39 bits per heavy atom. The molecule has 18 heavy (non-hydrogen) atoms. The van der Waals surface area contributed by atoms with E-state index in [9.17, 15) is 9.50 Å². The first kappa shape index (κ1) is 14.9. The van der Waals surface area contributed by atoms with E-state index in [1.54, 1.807) is 12.1 Å². The number of rotatable bonds is 6. The molecule has 3 nitrogen and oxygen atoms in total. The maximum absolute atomic E-state index is 13.7. The lowest BCUT2D eigenvalue weighted by Crippen LogP contribution is -2.28. The average molecular weight is 255 g/mol. The molecule has 1 rings (SSSR count). The van der Waals surface area contributed by atoms with Crippen LogP contribution in [-0.4, -0.2) is 36.8 Å². The molecule has 0 aliphatic rings. The van der Waals surface area contributed by atoms with Crippen LogP contribution in [0.5, 0.6) is 5.75 Å². The Balaban J connectivity index is 2.75. The van der Waals surface area contributed by atoms with E-state index in [1.165, 1.54) is 13.2 Å². The average Bonchev–Trinajstić information content (AvgIpc) is 2.34. The van der Waals surface area contributed by atoms with Crippen molar-refractivity contribution in [3.05, 3.63) is 29.6 Å². The van der Waals surface area contributed by atoms with Crippen molar-refractivity contribution < 1.29 is 14.2 Å². The molecule has 102 valence electrons. The van der Waals surface area contributed by atoms with E-state index in [1.807, 2.05) is 7.05 Å². The van der Waals surface area contributed by atoms with Gasteiger partial charge in [0.1, 0.15) is 11.6 Å². The van der Waals surface area contributed by atoms with Crippen LogP contribution in [-0.2, 0) is 0 Å². The first-order valence-corrected chi connectivity index (χ1v) is 6.18. The lowest BCUT2D eigenvalue weighted by atomic mass is 10.0. The maximum Gasteiger partial charge on any atom is 0.132 e. The van der Waals surface area contributed by atoms with Crippen LogP contribution in [0.2, 0.25) is 0 Å². The smallest absolute Gasteiger partial charge is 0.132 e. The number of hydrogen-bond acceptors (Lipinski definition) is 3. The molecule has 1 N–H and O–H groups in total. The van der Waals surface area contributed by atoms with E-state index < -0.39 is 11.9 Å². The van der Waals surface area contributed by atoms with Crippen molar-refractivity contribution in [2.24, 2.45) is 0 Å². The molecule has 0 aromatic heterocycles. The topological polar surface area (TPSA) is 32.7 Å². The zero-order valence-corrected chi connectivity index (χ0v) is 11.5. The minimum Gasteiger partial charge on any atom is -0.496 e. The van der Waals surface area contributed by atoms with Crippen molar-refractivity contribution in [2.45, 2.75) is 32.4 Å². The molecule has 0 radical (unpaired) electrons.